The third-order valence-corrected chi connectivity index (χ3v) is 6.61. The number of rotatable bonds is 4. The summed E-state index contributed by atoms with van der Waals surface area (Å²) in [5, 5.41) is 7.72. The molecule has 164 valence electrons. The van der Waals surface area contributed by atoms with E-state index in [-0.39, 0.29) is 17.9 Å². The Labute approximate surface area is 188 Å². The van der Waals surface area contributed by atoms with E-state index in [1.807, 2.05) is 34.8 Å². The summed E-state index contributed by atoms with van der Waals surface area (Å²) in [6.45, 7) is 2.71. The molecule has 0 bridgehead atoms. The predicted octanol–water partition coefficient (Wildman–Crippen LogP) is 4.89. The number of hydrogen-bond donors (Lipinski definition) is 1. The first-order valence-electron chi connectivity index (χ1n) is 11.5. The molecule has 2 amide bonds. The molecule has 6 nitrogen and oxygen atoms in total. The zero-order valence-electron chi connectivity index (χ0n) is 18.4. The van der Waals surface area contributed by atoms with Crippen LogP contribution in [0, 0.1) is 6.92 Å². The molecular formula is C26H28N4O2. The van der Waals surface area contributed by atoms with Crippen LogP contribution < -0.4 is 10.2 Å². The SMILES string of the molecule is Cc1cnn(C2CCCc3ccccc32)c1NC(=O)c1ccc(N2CCCCC2=O)cc1. The number of carbonyl (C=O) groups excluding carboxylic acids is 2. The van der Waals surface area contributed by atoms with Crippen LogP contribution in [0.15, 0.2) is 54.7 Å². The lowest BCUT2D eigenvalue weighted by atomic mass is 9.88. The average Bonchev–Trinajstić information content (AvgIpc) is 3.19. The van der Waals surface area contributed by atoms with Gasteiger partial charge in [0, 0.05) is 29.8 Å². The van der Waals surface area contributed by atoms with Crippen molar-refractivity contribution in [2.75, 3.05) is 16.8 Å². The Hall–Kier alpha value is -3.41. The number of fused-ring (bicyclic) bond motifs is 1. The number of nitrogens with zero attached hydrogens (tertiary/aromatic N) is 3. The molecule has 3 aromatic rings. The normalized spacial score (nSPS) is 18.3. The van der Waals surface area contributed by atoms with Gasteiger partial charge in [0.1, 0.15) is 5.82 Å². The topological polar surface area (TPSA) is 67.2 Å². The molecule has 0 radical (unpaired) electrons. The molecule has 1 N–H and O–H groups in total. The van der Waals surface area contributed by atoms with Crippen molar-refractivity contribution < 1.29 is 9.59 Å². The van der Waals surface area contributed by atoms with Gasteiger partial charge >= 0.3 is 0 Å². The first-order valence-corrected chi connectivity index (χ1v) is 11.5. The van der Waals surface area contributed by atoms with Crippen LogP contribution in [0.1, 0.15) is 65.2 Å². The number of amides is 2. The van der Waals surface area contributed by atoms with Gasteiger partial charge in [0.25, 0.3) is 5.91 Å². The van der Waals surface area contributed by atoms with Crippen LogP contribution in [0.4, 0.5) is 11.5 Å². The Kier molecular flexibility index (Phi) is 5.52. The smallest absolute Gasteiger partial charge is 0.256 e. The van der Waals surface area contributed by atoms with E-state index in [0.717, 1.165) is 55.7 Å². The van der Waals surface area contributed by atoms with Crippen molar-refractivity contribution in [1.29, 1.82) is 0 Å². The molecule has 1 aromatic heterocycles. The lowest BCUT2D eigenvalue weighted by molar-refractivity contribution is -0.119. The van der Waals surface area contributed by atoms with E-state index >= 15 is 0 Å². The standard InChI is InChI=1S/C26H28N4O2/c1-18-17-27-30(23-10-6-8-19-7-2-3-9-22(19)23)25(18)28-26(32)20-12-14-21(15-13-20)29-16-5-4-11-24(29)31/h2-3,7,9,12-15,17,23H,4-6,8,10-11,16H2,1H3,(H,28,32). The summed E-state index contributed by atoms with van der Waals surface area (Å²) >= 11 is 0. The summed E-state index contributed by atoms with van der Waals surface area (Å²) in [5.74, 6) is 0.725. The van der Waals surface area contributed by atoms with Crippen molar-refractivity contribution in [3.8, 4) is 0 Å². The van der Waals surface area contributed by atoms with Crippen LogP contribution in [-0.4, -0.2) is 28.1 Å². The van der Waals surface area contributed by atoms with Gasteiger partial charge in [-0.3, -0.25) is 9.59 Å². The minimum Gasteiger partial charge on any atom is -0.312 e. The molecule has 1 atom stereocenters. The summed E-state index contributed by atoms with van der Waals surface area (Å²) in [6.07, 6.45) is 7.56. The third kappa shape index (κ3) is 3.81. The van der Waals surface area contributed by atoms with Gasteiger partial charge in [-0.25, -0.2) is 4.68 Å². The first kappa shape index (κ1) is 20.5. The summed E-state index contributed by atoms with van der Waals surface area (Å²) in [5.41, 5.74) is 5.00. The number of carbonyl (C=O) groups is 2. The van der Waals surface area contributed by atoms with Gasteiger partial charge < -0.3 is 10.2 Å². The Morgan fingerprint density at radius 3 is 2.66 bits per heavy atom. The van der Waals surface area contributed by atoms with Crippen molar-refractivity contribution in [2.24, 2.45) is 0 Å². The molecule has 2 aromatic carbocycles. The molecule has 0 spiro atoms. The second-order valence-corrected chi connectivity index (χ2v) is 8.73. The van der Waals surface area contributed by atoms with Crippen LogP contribution in [0.2, 0.25) is 0 Å². The van der Waals surface area contributed by atoms with Crippen LogP contribution >= 0.6 is 0 Å². The fraction of sp³-hybridized carbons (Fsp3) is 0.346. The average molecular weight is 429 g/mol. The van der Waals surface area contributed by atoms with Crippen molar-refractivity contribution >= 4 is 23.3 Å². The third-order valence-electron chi connectivity index (χ3n) is 6.61. The van der Waals surface area contributed by atoms with E-state index in [4.69, 9.17) is 0 Å². The van der Waals surface area contributed by atoms with E-state index in [1.54, 1.807) is 12.1 Å². The number of hydrogen-bond acceptors (Lipinski definition) is 3. The number of nitrogens with one attached hydrogen (secondary N) is 1. The second-order valence-electron chi connectivity index (χ2n) is 8.73. The van der Waals surface area contributed by atoms with Crippen LogP contribution in [0.5, 0.6) is 0 Å². The van der Waals surface area contributed by atoms with Gasteiger partial charge in [-0.15, -0.1) is 0 Å². The summed E-state index contributed by atoms with van der Waals surface area (Å²) in [7, 11) is 0. The Morgan fingerprint density at radius 1 is 1.03 bits per heavy atom. The summed E-state index contributed by atoms with van der Waals surface area (Å²) in [6, 6.07) is 15.9. The molecule has 0 saturated carbocycles. The number of anilines is 2. The van der Waals surface area contributed by atoms with E-state index in [1.165, 1.54) is 11.1 Å². The van der Waals surface area contributed by atoms with Crippen LogP contribution in [0.25, 0.3) is 0 Å². The highest BCUT2D eigenvalue weighted by molar-refractivity contribution is 6.04. The lowest BCUT2D eigenvalue weighted by Crippen LogP contribution is -2.35. The minimum absolute atomic E-state index is 0.122. The van der Waals surface area contributed by atoms with Gasteiger partial charge in [-0.05, 0) is 74.4 Å². The molecular weight excluding hydrogens is 400 g/mol. The zero-order valence-corrected chi connectivity index (χ0v) is 18.4. The molecule has 5 rings (SSSR count). The molecule has 1 fully saturated rings. The van der Waals surface area contributed by atoms with Crippen LogP contribution in [-0.2, 0) is 11.2 Å². The fourth-order valence-corrected chi connectivity index (χ4v) is 4.87. The Bertz CT molecular complexity index is 1150. The highest BCUT2D eigenvalue weighted by atomic mass is 16.2. The highest BCUT2D eigenvalue weighted by Crippen LogP contribution is 2.35. The number of piperidine rings is 1. The molecule has 2 heterocycles. The number of aromatic nitrogens is 2. The number of aryl methyl sites for hydroxylation is 2. The van der Waals surface area contributed by atoms with Crippen molar-refractivity contribution in [1.82, 2.24) is 9.78 Å². The predicted molar refractivity (Wildman–Crippen MR) is 125 cm³/mol. The second kappa shape index (κ2) is 8.61. The van der Waals surface area contributed by atoms with Crippen molar-refractivity contribution in [3.63, 3.8) is 0 Å². The number of benzene rings is 2. The Morgan fingerprint density at radius 2 is 1.84 bits per heavy atom. The summed E-state index contributed by atoms with van der Waals surface area (Å²) < 4.78 is 1.96. The maximum atomic E-state index is 13.1. The molecule has 1 unspecified atom stereocenters. The largest absolute Gasteiger partial charge is 0.312 e. The van der Waals surface area contributed by atoms with E-state index in [0.29, 0.717) is 12.0 Å². The van der Waals surface area contributed by atoms with E-state index in [2.05, 4.69) is 34.7 Å². The molecule has 1 aliphatic heterocycles. The van der Waals surface area contributed by atoms with Crippen molar-refractivity contribution in [3.05, 3.63) is 77.0 Å². The maximum absolute atomic E-state index is 13.1. The van der Waals surface area contributed by atoms with E-state index < -0.39 is 0 Å². The molecule has 1 saturated heterocycles. The maximum Gasteiger partial charge on any atom is 0.256 e. The van der Waals surface area contributed by atoms with Gasteiger partial charge in [0.05, 0.1) is 12.2 Å². The van der Waals surface area contributed by atoms with Gasteiger partial charge in [0.2, 0.25) is 5.91 Å². The monoisotopic (exact) mass is 428 g/mol. The van der Waals surface area contributed by atoms with Gasteiger partial charge in [-0.1, -0.05) is 24.3 Å². The molecule has 1 aliphatic carbocycles. The van der Waals surface area contributed by atoms with Crippen LogP contribution in [0.3, 0.4) is 0 Å². The molecule has 2 aliphatic rings. The quantitative estimate of drug-likeness (QED) is 0.644. The molecule has 32 heavy (non-hydrogen) atoms. The Balaban J connectivity index is 1.37. The van der Waals surface area contributed by atoms with Crippen molar-refractivity contribution in [2.45, 2.75) is 51.5 Å². The van der Waals surface area contributed by atoms with E-state index in [9.17, 15) is 9.59 Å². The van der Waals surface area contributed by atoms with Gasteiger partial charge in [0.15, 0.2) is 0 Å². The fourth-order valence-electron chi connectivity index (χ4n) is 4.87. The highest BCUT2D eigenvalue weighted by Gasteiger charge is 2.26. The first-order chi connectivity index (χ1) is 15.6. The minimum atomic E-state index is -0.171. The summed E-state index contributed by atoms with van der Waals surface area (Å²) in [4.78, 5) is 27.0. The zero-order chi connectivity index (χ0) is 22.1. The molecule has 6 heteroatoms. The van der Waals surface area contributed by atoms with Gasteiger partial charge in [-0.2, -0.15) is 5.10 Å². The lowest BCUT2D eigenvalue weighted by Gasteiger charge is -2.27.